The average Bonchev–Trinajstić information content (AvgIpc) is 2.89. The van der Waals surface area contributed by atoms with Gasteiger partial charge in [-0.25, -0.2) is 0 Å². The predicted octanol–water partition coefficient (Wildman–Crippen LogP) is 6.99. The number of alkyl halides is 6. The summed E-state index contributed by atoms with van der Waals surface area (Å²) in [5.41, 5.74) is -3.72. The van der Waals surface area contributed by atoms with Crippen LogP contribution in [-0.4, -0.2) is 32.1 Å². The second-order valence-electron chi connectivity index (χ2n) is 9.67. The van der Waals surface area contributed by atoms with Crippen LogP contribution in [0.3, 0.4) is 0 Å². The van der Waals surface area contributed by atoms with Crippen LogP contribution in [0.4, 0.5) is 26.3 Å². The molecule has 0 aromatic heterocycles. The first-order valence-corrected chi connectivity index (χ1v) is 13.6. The number of allylic oxidation sites excluding steroid dienone is 3. The van der Waals surface area contributed by atoms with Crippen molar-refractivity contribution in [2.75, 3.05) is 0 Å². The molecule has 3 atom stereocenters. The van der Waals surface area contributed by atoms with Crippen LogP contribution in [-0.2, 0) is 9.22 Å². The van der Waals surface area contributed by atoms with Crippen molar-refractivity contribution in [3.05, 3.63) is 23.8 Å². The Morgan fingerprint density at radius 2 is 1.77 bits per heavy atom. The van der Waals surface area contributed by atoms with E-state index >= 15 is 0 Å². The molecule has 0 heterocycles. The van der Waals surface area contributed by atoms with Crippen LogP contribution in [0.25, 0.3) is 0 Å². The summed E-state index contributed by atoms with van der Waals surface area (Å²) in [5.74, 6) is -0.213. The van der Waals surface area contributed by atoms with Gasteiger partial charge >= 0.3 is 12.4 Å². The second-order valence-corrected chi connectivity index (χ2v) is 14.1. The Kier molecular flexibility index (Phi) is 6.81. The van der Waals surface area contributed by atoms with Gasteiger partial charge in [0.15, 0.2) is 8.32 Å². The van der Waals surface area contributed by atoms with E-state index in [1.54, 1.807) is 6.92 Å². The number of halogens is 6. The van der Waals surface area contributed by atoms with Gasteiger partial charge in [0, 0.05) is 12.3 Å². The van der Waals surface area contributed by atoms with Gasteiger partial charge in [-0.05, 0) is 62.7 Å². The van der Waals surface area contributed by atoms with Crippen molar-refractivity contribution < 1.29 is 35.6 Å². The molecule has 1 unspecified atom stereocenters. The largest absolute Gasteiger partial charge is 0.429 e. The molecule has 0 spiro atoms. The van der Waals surface area contributed by atoms with Gasteiger partial charge in [0.1, 0.15) is 5.78 Å². The van der Waals surface area contributed by atoms with E-state index in [4.69, 9.17) is 4.43 Å². The molecule has 2 aliphatic carbocycles. The van der Waals surface area contributed by atoms with Crippen molar-refractivity contribution in [2.24, 2.45) is 17.3 Å². The molecule has 0 saturated heterocycles. The first-order chi connectivity index (χ1) is 13.4. The van der Waals surface area contributed by atoms with E-state index in [2.05, 4.69) is 0 Å². The molecule has 0 aromatic carbocycles. The molecular formula is C21H30F6O2Si. The third-order valence-electron chi connectivity index (χ3n) is 6.19. The van der Waals surface area contributed by atoms with Gasteiger partial charge in [-0.2, -0.15) is 26.3 Å². The van der Waals surface area contributed by atoms with Gasteiger partial charge in [0.05, 0.1) is 0 Å². The molecule has 0 radical (unpaired) electrons. The Morgan fingerprint density at radius 3 is 2.27 bits per heavy atom. The quantitative estimate of drug-likeness (QED) is 0.245. The van der Waals surface area contributed by atoms with Gasteiger partial charge in [0.25, 0.3) is 5.60 Å². The lowest BCUT2D eigenvalue weighted by molar-refractivity contribution is -0.340. The SMILES string of the molecule is CC(C/C=C/C(O[Si](C)(C)C)(C(F)(F)F)C(F)(F)F)C1=CC[C@@H]2C(=O)CCC[C@@]12C. The Hall–Kier alpha value is -1.09. The van der Waals surface area contributed by atoms with Crippen molar-refractivity contribution in [1.82, 2.24) is 0 Å². The molecule has 30 heavy (non-hydrogen) atoms. The van der Waals surface area contributed by atoms with Crippen LogP contribution in [0.1, 0.15) is 46.0 Å². The molecule has 0 aromatic rings. The highest BCUT2D eigenvalue weighted by molar-refractivity contribution is 6.69. The Morgan fingerprint density at radius 1 is 1.20 bits per heavy atom. The highest BCUT2D eigenvalue weighted by atomic mass is 28.4. The van der Waals surface area contributed by atoms with Gasteiger partial charge in [-0.3, -0.25) is 4.79 Å². The van der Waals surface area contributed by atoms with Crippen LogP contribution in [0, 0.1) is 17.3 Å². The number of rotatable bonds is 6. The molecule has 1 saturated carbocycles. The third kappa shape index (κ3) is 4.71. The Balaban J connectivity index is 2.28. The molecule has 172 valence electrons. The zero-order valence-electron chi connectivity index (χ0n) is 18.0. The van der Waals surface area contributed by atoms with Gasteiger partial charge in [-0.1, -0.05) is 31.6 Å². The molecule has 0 aliphatic heterocycles. The Labute approximate surface area is 174 Å². The van der Waals surface area contributed by atoms with E-state index in [0.29, 0.717) is 12.8 Å². The number of hydrogen-bond acceptors (Lipinski definition) is 2. The van der Waals surface area contributed by atoms with Crippen LogP contribution in [0.2, 0.25) is 19.6 Å². The minimum Gasteiger partial charge on any atom is -0.394 e. The smallest absolute Gasteiger partial charge is 0.394 e. The van der Waals surface area contributed by atoms with E-state index in [1.807, 2.05) is 13.0 Å². The van der Waals surface area contributed by atoms with Crippen LogP contribution in [0.15, 0.2) is 23.8 Å². The van der Waals surface area contributed by atoms with Crippen molar-refractivity contribution in [3.8, 4) is 0 Å². The minimum absolute atomic E-state index is 0.00526. The van der Waals surface area contributed by atoms with Crippen LogP contribution >= 0.6 is 0 Å². The van der Waals surface area contributed by atoms with E-state index in [0.717, 1.165) is 24.5 Å². The van der Waals surface area contributed by atoms with Gasteiger partial charge in [-0.15, -0.1) is 0 Å². The molecule has 2 nitrogen and oxygen atoms in total. The van der Waals surface area contributed by atoms with Crippen molar-refractivity contribution in [3.63, 3.8) is 0 Å². The molecular weight excluding hydrogens is 426 g/mol. The van der Waals surface area contributed by atoms with Crippen molar-refractivity contribution in [2.45, 2.75) is 83.5 Å². The zero-order valence-corrected chi connectivity index (χ0v) is 19.0. The van der Waals surface area contributed by atoms with Crippen molar-refractivity contribution >= 4 is 14.1 Å². The van der Waals surface area contributed by atoms with E-state index < -0.39 is 26.3 Å². The summed E-state index contributed by atoms with van der Waals surface area (Å²) in [6.07, 6.45) is -5.56. The number of carbonyl (C=O) groups is 1. The first kappa shape index (κ1) is 25.2. The fraction of sp³-hybridized carbons (Fsp3) is 0.762. The zero-order chi connectivity index (χ0) is 23.2. The highest BCUT2D eigenvalue weighted by Crippen LogP contribution is 2.54. The molecule has 0 bridgehead atoms. The summed E-state index contributed by atoms with van der Waals surface area (Å²) in [6, 6.07) is 0. The molecule has 1 fully saturated rings. The number of fused-ring (bicyclic) bond motifs is 1. The third-order valence-corrected chi connectivity index (χ3v) is 7.13. The molecule has 0 N–H and O–H groups in total. The number of hydrogen-bond donors (Lipinski definition) is 0. The highest BCUT2D eigenvalue weighted by Gasteiger charge is 2.71. The van der Waals surface area contributed by atoms with Crippen LogP contribution < -0.4 is 0 Å². The maximum absolute atomic E-state index is 13.6. The summed E-state index contributed by atoms with van der Waals surface area (Å²) < 4.78 is 86.5. The molecule has 9 heteroatoms. The summed E-state index contributed by atoms with van der Waals surface area (Å²) in [6.45, 7) is 7.64. The summed E-state index contributed by atoms with van der Waals surface area (Å²) in [5, 5.41) is 0. The molecule has 2 rings (SSSR count). The maximum atomic E-state index is 13.6. The van der Waals surface area contributed by atoms with E-state index in [1.165, 1.54) is 19.6 Å². The lowest BCUT2D eigenvalue weighted by Gasteiger charge is -2.40. The lowest BCUT2D eigenvalue weighted by Crippen LogP contribution is -2.61. The topological polar surface area (TPSA) is 26.3 Å². The fourth-order valence-corrected chi connectivity index (χ4v) is 6.13. The van der Waals surface area contributed by atoms with Crippen LogP contribution in [0.5, 0.6) is 0 Å². The fourth-order valence-electron chi connectivity index (χ4n) is 4.86. The lowest BCUT2D eigenvalue weighted by atomic mass is 9.63. The molecule has 0 amide bonds. The maximum Gasteiger partial charge on any atom is 0.429 e. The predicted molar refractivity (Wildman–Crippen MR) is 105 cm³/mol. The normalized spacial score (nSPS) is 27.4. The van der Waals surface area contributed by atoms with Gasteiger partial charge in [0.2, 0.25) is 0 Å². The summed E-state index contributed by atoms with van der Waals surface area (Å²) >= 11 is 0. The second kappa shape index (κ2) is 8.11. The molecule has 2 aliphatic rings. The monoisotopic (exact) mass is 456 g/mol. The standard InChI is InChI=1S/C21H30F6O2Si/c1-14(15-10-11-16-17(28)9-7-12-18(15,16)2)8-6-13-19(20(22,23)24,21(25,26)27)29-30(3,4)5/h6,10,13-14,16H,7-9,11-12H2,1-5H3/b13-6+/t14?,16-,18+/m1/s1. The summed E-state index contributed by atoms with van der Waals surface area (Å²) in [4.78, 5) is 12.2. The van der Waals surface area contributed by atoms with Crippen molar-refractivity contribution in [1.29, 1.82) is 0 Å². The number of carbonyl (C=O) groups excluding carboxylic acids is 1. The van der Waals surface area contributed by atoms with E-state index in [-0.39, 0.29) is 35.5 Å². The van der Waals surface area contributed by atoms with E-state index in [9.17, 15) is 31.1 Å². The first-order valence-electron chi connectivity index (χ1n) is 10.2. The number of ketones is 1. The number of Topliss-reactive ketones (excluding diaryl/α,β-unsaturated/α-hetero) is 1. The van der Waals surface area contributed by atoms with Gasteiger partial charge < -0.3 is 4.43 Å². The Bertz CT molecular complexity index is 702. The average molecular weight is 457 g/mol. The minimum atomic E-state index is -5.63. The summed E-state index contributed by atoms with van der Waals surface area (Å²) in [7, 11) is -3.20.